The van der Waals surface area contributed by atoms with Gasteiger partial charge in [-0.05, 0) is 42.3 Å². The molecule has 0 bridgehead atoms. The molecule has 1 nitrogen and oxygen atoms in total. The van der Waals surface area contributed by atoms with Gasteiger partial charge in [0.25, 0.3) is 0 Å². The van der Waals surface area contributed by atoms with Crippen molar-refractivity contribution in [3.05, 3.63) is 55.7 Å². The third-order valence-corrected chi connectivity index (χ3v) is 5.18. The van der Waals surface area contributed by atoms with Gasteiger partial charge >= 0.3 is 6.18 Å². The molecule has 0 saturated carbocycles. The van der Waals surface area contributed by atoms with E-state index in [1.54, 1.807) is 11.3 Å². The second-order valence-electron chi connectivity index (χ2n) is 4.77. The molecule has 1 aromatic heterocycles. The van der Waals surface area contributed by atoms with E-state index in [9.17, 15) is 13.2 Å². The molecule has 0 spiro atoms. The molecule has 114 valence electrons. The number of halogens is 4. The van der Waals surface area contributed by atoms with Gasteiger partial charge in [-0.1, -0.05) is 22.9 Å². The van der Waals surface area contributed by atoms with Crippen molar-refractivity contribution in [2.75, 3.05) is 0 Å². The molecule has 1 heterocycles. The lowest BCUT2D eigenvalue weighted by Gasteiger charge is -2.16. The van der Waals surface area contributed by atoms with E-state index in [4.69, 9.17) is 5.73 Å². The van der Waals surface area contributed by atoms with E-state index in [0.717, 1.165) is 23.4 Å². The highest BCUT2D eigenvalue weighted by molar-refractivity contribution is 9.10. The normalized spacial score (nSPS) is 13.4. The Morgan fingerprint density at radius 2 is 1.86 bits per heavy atom. The molecule has 0 amide bonds. The monoisotopic (exact) mass is 377 g/mol. The minimum Gasteiger partial charge on any atom is -0.324 e. The lowest BCUT2D eigenvalue weighted by Crippen LogP contribution is -2.15. The maximum absolute atomic E-state index is 12.8. The van der Waals surface area contributed by atoms with E-state index in [1.165, 1.54) is 10.9 Å². The van der Waals surface area contributed by atoms with Crippen molar-refractivity contribution in [1.82, 2.24) is 0 Å². The van der Waals surface area contributed by atoms with Gasteiger partial charge in [-0.25, -0.2) is 0 Å². The molecule has 0 saturated heterocycles. The molecule has 0 aliphatic rings. The zero-order valence-corrected chi connectivity index (χ0v) is 13.8. The minimum atomic E-state index is -4.35. The van der Waals surface area contributed by atoms with E-state index < -0.39 is 17.8 Å². The van der Waals surface area contributed by atoms with Crippen LogP contribution in [0.1, 0.15) is 33.8 Å². The number of hydrogen-bond acceptors (Lipinski definition) is 2. The van der Waals surface area contributed by atoms with E-state index in [1.807, 2.05) is 12.1 Å². The Morgan fingerprint density at radius 1 is 1.19 bits per heavy atom. The predicted octanol–water partition coefficient (Wildman–Crippen LogP) is 5.33. The quantitative estimate of drug-likeness (QED) is 0.764. The van der Waals surface area contributed by atoms with Gasteiger partial charge in [0, 0.05) is 26.7 Å². The molecule has 2 rings (SSSR count). The van der Waals surface area contributed by atoms with Gasteiger partial charge in [0.15, 0.2) is 0 Å². The van der Waals surface area contributed by atoms with Crippen molar-refractivity contribution in [2.45, 2.75) is 32.0 Å². The van der Waals surface area contributed by atoms with Crippen molar-refractivity contribution >= 4 is 27.3 Å². The number of benzene rings is 1. The molecule has 1 unspecified atom stereocenters. The number of rotatable bonds is 4. The zero-order chi connectivity index (χ0) is 15.6. The molecule has 2 N–H and O–H groups in total. The molecule has 0 aliphatic carbocycles. The first-order valence-electron chi connectivity index (χ1n) is 6.51. The van der Waals surface area contributed by atoms with E-state index in [-0.39, 0.29) is 0 Å². The van der Waals surface area contributed by atoms with Crippen LogP contribution in [0.5, 0.6) is 0 Å². The van der Waals surface area contributed by atoms with Crippen LogP contribution >= 0.6 is 27.3 Å². The maximum Gasteiger partial charge on any atom is 0.416 e. The number of thiophene rings is 1. The molecule has 21 heavy (non-hydrogen) atoms. The van der Waals surface area contributed by atoms with Crippen LogP contribution in [0.4, 0.5) is 13.2 Å². The Balaban J connectivity index is 2.23. The lowest BCUT2D eigenvalue weighted by atomic mass is 10.0. The van der Waals surface area contributed by atoms with E-state index in [2.05, 4.69) is 22.9 Å². The van der Waals surface area contributed by atoms with Gasteiger partial charge in [-0.2, -0.15) is 13.2 Å². The summed E-state index contributed by atoms with van der Waals surface area (Å²) in [5, 5.41) is 0. The fraction of sp³-hybridized carbons (Fsp3) is 0.333. The van der Waals surface area contributed by atoms with Crippen molar-refractivity contribution in [2.24, 2.45) is 5.73 Å². The summed E-state index contributed by atoms with van der Waals surface area (Å²) in [4.78, 5) is 2.34. The summed E-state index contributed by atoms with van der Waals surface area (Å²) < 4.78 is 39.0. The second-order valence-corrected chi connectivity index (χ2v) is 6.87. The molecule has 6 heteroatoms. The summed E-state index contributed by atoms with van der Waals surface area (Å²) >= 11 is 4.94. The van der Waals surface area contributed by atoms with Crippen LogP contribution in [0.25, 0.3) is 0 Å². The summed E-state index contributed by atoms with van der Waals surface area (Å²) in [6, 6.07) is 7.15. The van der Waals surface area contributed by atoms with Crippen molar-refractivity contribution in [3.8, 4) is 0 Å². The highest BCUT2D eigenvalue weighted by Crippen LogP contribution is 2.34. The van der Waals surface area contributed by atoms with Crippen molar-refractivity contribution in [3.63, 3.8) is 0 Å². The average Bonchev–Trinajstić information content (AvgIpc) is 2.85. The molecular formula is C15H15BrF3NS. The molecule has 0 radical (unpaired) electrons. The second kappa shape index (κ2) is 6.50. The third kappa shape index (κ3) is 4.08. The summed E-state index contributed by atoms with van der Waals surface area (Å²) in [6.07, 6.45) is -2.87. The summed E-state index contributed by atoms with van der Waals surface area (Å²) in [7, 11) is 0. The predicted molar refractivity (Wildman–Crippen MR) is 83.5 cm³/mol. The van der Waals surface area contributed by atoms with Crippen molar-refractivity contribution in [1.29, 1.82) is 0 Å². The van der Waals surface area contributed by atoms with Crippen LogP contribution in [0.15, 0.2) is 34.8 Å². The van der Waals surface area contributed by atoms with Gasteiger partial charge in [0.1, 0.15) is 0 Å². The topological polar surface area (TPSA) is 26.0 Å². The molecule has 0 fully saturated rings. The Hall–Kier alpha value is -0.850. The summed E-state index contributed by atoms with van der Waals surface area (Å²) in [6.45, 7) is 2.07. The first-order chi connectivity index (χ1) is 9.81. The van der Waals surface area contributed by atoms with Gasteiger partial charge < -0.3 is 5.73 Å². The third-order valence-electron chi connectivity index (χ3n) is 3.21. The SMILES string of the molecule is CCc1ccc(CC(N)c2cc(C(F)(F)F)ccc2Br)s1. The fourth-order valence-electron chi connectivity index (χ4n) is 2.05. The van der Waals surface area contributed by atoms with Gasteiger partial charge in [-0.15, -0.1) is 11.3 Å². The Labute approximate surface area is 134 Å². The number of hydrogen-bond donors (Lipinski definition) is 1. The van der Waals surface area contributed by atoms with Gasteiger partial charge in [0.2, 0.25) is 0 Å². The molecule has 1 aromatic carbocycles. The summed E-state index contributed by atoms with van der Waals surface area (Å²) in [5.74, 6) is 0. The average molecular weight is 378 g/mol. The zero-order valence-electron chi connectivity index (χ0n) is 11.4. The van der Waals surface area contributed by atoms with Crippen LogP contribution in [0.2, 0.25) is 0 Å². The summed E-state index contributed by atoms with van der Waals surface area (Å²) in [5.41, 5.74) is 5.91. The minimum absolute atomic E-state index is 0.468. The standard InChI is InChI=1S/C15H15BrF3NS/c1-2-10-4-5-11(21-10)8-14(20)12-7-9(15(17,18)19)3-6-13(12)16/h3-7,14H,2,8,20H2,1H3. The first-order valence-corrected chi connectivity index (χ1v) is 8.12. The van der Waals surface area contributed by atoms with Crippen LogP contribution < -0.4 is 5.73 Å². The van der Waals surface area contributed by atoms with Crippen LogP contribution in [-0.4, -0.2) is 0 Å². The Morgan fingerprint density at radius 3 is 2.43 bits per heavy atom. The number of nitrogens with two attached hydrogens (primary N) is 1. The van der Waals surface area contributed by atoms with Gasteiger partial charge in [0.05, 0.1) is 5.56 Å². The highest BCUT2D eigenvalue weighted by Gasteiger charge is 2.31. The first kappa shape index (κ1) is 16.5. The maximum atomic E-state index is 12.8. The molecule has 2 aromatic rings. The molecule has 1 atom stereocenters. The Kier molecular flexibility index (Phi) is 5.11. The van der Waals surface area contributed by atoms with Crippen LogP contribution in [0, 0.1) is 0 Å². The lowest BCUT2D eigenvalue weighted by molar-refractivity contribution is -0.137. The Bertz CT molecular complexity index is 622. The molecule has 0 aliphatic heterocycles. The van der Waals surface area contributed by atoms with Crippen LogP contribution in [-0.2, 0) is 19.0 Å². The molecular weight excluding hydrogens is 363 g/mol. The van der Waals surface area contributed by atoms with Gasteiger partial charge in [-0.3, -0.25) is 0 Å². The van der Waals surface area contributed by atoms with E-state index >= 15 is 0 Å². The fourth-order valence-corrected chi connectivity index (χ4v) is 3.61. The smallest absolute Gasteiger partial charge is 0.324 e. The number of aryl methyl sites for hydroxylation is 1. The van der Waals surface area contributed by atoms with Crippen molar-refractivity contribution < 1.29 is 13.2 Å². The van der Waals surface area contributed by atoms with E-state index in [0.29, 0.717) is 16.5 Å². The van der Waals surface area contributed by atoms with Crippen LogP contribution in [0.3, 0.4) is 0 Å². The largest absolute Gasteiger partial charge is 0.416 e. The highest BCUT2D eigenvalue weighted by atomic mass is 79.9. The number of alkyl halides is 3.